The first-order chi connectivity index (χ1) is 10.3. The number of ether oxygens (including phenoxy) is 2. The van der Waals surface area contributed by atoms with E-state index in [0.29, 0.717) is 23.0 Å². The third-order valence-corrected chi connectivity index (χ3v) is 4.34. The summed E-state index contributed by atoms with van der Waals surface area (Å²) >= 11 is 0. The molecule has 1 N–H and O–H groups in total. The van der Waals surface area contributed by atoms with Crippen LogP contribution in [0.25, 0.3) is 0 Å². The number of hydrogen-bond donors (Lipinski definition) is 1. The van der Waals surface area contributed by atoms with Crippen LogP contribution in [-0.2, 0) is 0 Å². The lowest BCUT2D eigenvalue weighted by atomic mass is 9.70. The fourth-order valence-corrected chi connectivity index (χ4v) is 3.66. The molecule has 0 saturated heterocycles. The highest BCUT2D eigenvalue weighted by Crippen LogP contribution is 2.38. The van der Waals surface area contributed by atoms with Gasteiger partial charge in [-0.05, 0) is 42.7 Å². The van der Waals surface area contributed by atoms with Crippen molar-refractivity contribution in [2.24, 2.45) is 11.3 Å². The predicted octanol–water partition coefficient (Wildman–Crippen LogP) is 3.65. The fourth-order valence-electron chi connectivity index (χ4n) is 3.66. The summed E-state index contributed by atoms with van der Waals surface area (Å²) in [5.41, 5.74) is 0.856. The van der Waals surface area contributed by atoms with Gasteiger partial charge in [-0.15, -0.1) is 0 Å². The number of methoxy groups -OCH3 is 2. The highest BCUT2D eigenvalue weighted by Gasteiger charge is 2.32. The second-order valence-corrected chi connectivity index (χ2v) is 7.19. The van der Waals surface area contributed by atoms with E-state index < -0.39 is 0 Å². The van der Waals surface area contributed by atoms with Crippen LogP contribution in [0.15, 0.2) is 18.2 Å². The Bertz CT molecular complexity index is 517. The molecule has 122 valence electrons. The van der Waals surface area contributed by atoms with Crippen molar-refractivity contribution in [2.75, 3.05) is 14.2 Å². The Balaban J connectivity index is 2.12. The minimum Gasteiger partial charge on any atom is -0.497 e. The van der Waals surface area contributed by atoms with Crippen molar-refractivity contribution in [3.05, 3.63) is 23.8 Å². The van der Waals surface area contributed by atoms with Crippen LogP contribution in [0, 0.1) is 11.3 Å². The van der Waals surface area contributed by atoms with Crippen LogP contribution in [0.5, 0.6) is 11.5 Å². The van der Waals surface area contributed by atoms with E-state index in [1.165, 1.54) is 6.42 Å². The van der Waals surface area contributed by atoms with E-state index in [4.69, 9.17) is 9.47 Å². The van der Waals surface area contributed by atoms with E-state index in [0.717, 1.165) is 12.8 Å². The molecule has 0 heterocycles. The SMILES string of the molecule is COc1cc(OC)cc(C(=O)N[C@@H]2C[C@H](C)CC(C)(C)C2)c1. The van der Waals surface area contributed by atoms with E-state index in [2.05, 4.69) is 26.1 Å². The molecule has 4 heteroatoms. The molecule has 2 atom stereocenters. The summed E-state index contributed by atoms with van der Waals surface area (Å²) in [6, 6.07) is 5.48. The molecule has 1 aromatic rings. The number of rotatable bonds is 4. The Morgan fingerprint density at radius 1 is 1.14 bits per heavy atom. The zero-order valence-corrected chi connectivity index (χ0v) is 14.2. The maximum Gasteiger partial charge on any atom is 0.251 e. The highest BCUT2D eigenvalue weighted by atomic mass is 16.5. The molecular weight excluding hydrogens is 278 g/mol. The minimum absolute atomic E-state index is 0.0629. The van der Waals surface area contributed by atoms with Crippen molar-refractivity contribution in [3.63, 3.8) is 0 Å². The quantitative estimate of drug-likeness (QED) is 0.923. The van der Waals surface area contributed by atoms with Crippen LogP contribution in [0.2, 0.25) is 0 Å². The van der Waals surface area contributed by atoms with Gasteiger partial charge in [-0.3, -0.25) is 4.79 Å². The first-order valence-electron chi connectivity index (χ1n) is 7.87. The second-order valence-electron chi connectivity index (χ2n) is 7.19. The summed E-state index contributed by atoms with van der Waals surface area (Å²) in [5.74, 6) is 1.82. The van der Waals surface area contributed by atoms with Gasteiger partial charge in [0.05, 0.1) is 14.2 Å². The number of carbonyl (C=O) groups excluding carboxylic acids is 1. The van der Waals surface area contributed by atoms with Gasteiger partial charge in [0.1, 0.15) is 11.5 Å². The molecule has 0 radical (unpaired) electrons. The molecular formula is C18H27NO3. The molecule has 0 spiro atoms. The third kappa shape index (κ3) is 4.15. The average Bonchev–Trinajstić information content (AvgIpc) is 2.44. The summed E-state index contributed by atoms with van der Waals surface area (Å²) in [4.78, 5) is 12.5. The summed E-state index contributed by atoms with van der Waals surface area (Å²) in [5, 5.41) is 3.17. The van der Waals surface area contributed by atoms with Crippen LogP contribution >= 0.6 is 0 Å². The average molecular weight is 305 g/mol. The van der Waals surface area contributed by atoms with Gasteiger partial charge in [-0.25, -0.2) is 0 Å². The maximum absolute atomic E-state index is 12.5. The van der Waals surface area contributed by atoms with Gasteiger partial charge < -0.3 is 14.8 Å². The van der Waals surface area contributed by atoms with Crippen LogP contribution in [0.1, 0.15) is 50.4 Å². The molecule has 1 aromatic carbocycles. The Kier molecular flexibility index (Phi) is 4.99. The van der Waals surface area contributed by atoms with Gasteiger partial charge in [0.2, 0.25) is 0 Å². The van der Waals surface area contributed by atoms with Crippen LogP contribution < -0.4 is 14.8 Å². The first-order valence-corrected chi connectivity index (χ1v) is 7.87. The van der Waals surface area contributed by atoms with Gasteiger partial charge in [-0.2, -0.15) is 0 Å². The van der Waals surface area contributed by atoms with Crippen molar-refractivity contribution < 1.29 is 14.3 Å². The molecule has 2 rings (SSSR count). The Morgan fingerprint density at radius 3 is 2.23 bits per heavy atom. The summed E-state index contributed by atoms with van der Waals surface area (Å²) in [6.07, 6.45) is 3.27. The number of nitrogens with one attached hydrogen (secondary N) is 1. The largest absolute Gasteiger partial charge is 0.497 e. The molecule has 0 unspecified atom stereocenters. The highest BCUT2D eigenvalue weighted by molar-refractivity contribution is 5.95. The van der Waals surface area contributed by atoms with E-state index >= 15 is 0 Å². The number of amides is 1. The van der Waals surface area contributed by atoms with Gasteiger partial charge >= 0.3 is 0 Å². The molecule has 1 amide bonds. The molecule has 4 nitrogen and oxygen atoms in total. The summed E-state index contributed by atoms with van der Waals surface area (Å²) in [7, 11) is 3.17. The number of benzene rings is 1. The molecule has 22 heavy (non-hydrogen) atoms. The Labute approximate surface area is 133 Å². The summed E-state index contributed by atoms with van der Waals surface area (Å²) < 4.78 is 10.5. The number of carbonyl (C=O) groups is 1. The lowest BCUT2D eigenvalue weighted by Gasteiger charge is -2.39. The standard InChI is InChI=1S/C18H27NO3/c1-12-6-14(11-18(2,3)10-12)19-17(20)13-7-15(21-4)9-16(8-13)22-5/h7-9,12,14H,6,10-11H2,1-5H3,(H,19,20)/t12-,14+/m0/s1. The van der Waals surface area contributed by atoms with Gasteiger partial charge in [0.25, 0.3) is 5.91 Å². The lowest BCUT2D eigenvalue weighted by Crippen LogP contribution is -2.43. The van der Waals surface area contributed by atoms with Gasteiger partial charge in [0.15, 0.2) is 0 Å². The van der Waals surface area contributed by atoms with Crippen LogP contribution in [0.3, 0.4) is 0 Å². The molecule has 0 bridgehead atoms. The second kappa shape index (κ2) is 6.59. The van der Waals surface area contributed by atoms with Crippen molar-refractivity contribution in [3.8, 4) is 11.5 Å². The lowest BCUT2D eigenvalue weighted by molar-refractivity contribution is 0.0873. The monoisotopic (exact) mass is 305 g/mol. The van der Waals surface area contributed by atoms with Crippen LogP contribution in [0.4, 0.5) is 0 Å². The Hall–Kier alpha value is -1.71. The van der Waals surface area contributed by atoms with Crippen molar-refractivity contribution in [2.45, 2.75) is 46.1 Å². The number of hydrogen-bond acceptors (Lipinski definition) is 3. The minimum atomic E-state index is -0.0629. The topological polar surface area (TPSA) is 47.6 Å². The van der Waals surface area contributed by atoms with Crippen molar-refractivity contribution in [1.29, 1.82) is 0 Å². The first kappa shape index (κ1) is 16.7. The van der Waals surface area contributed by atoms with Crippen molar-refractivity contribution >= 4 is 5.91 Å². The molecule has 1 fully saturated rings. The predicted molar refractivity (Wildman–Crippen MR) is 87.6 cm³/mol. The molecule has 1 aliphatic rings. The Morgan fingerprint density at radius 2 is 1.73 bits per heavy atom. The molecule has 0 aliphatic heterocycles. The van der Waals surface area contributed by atoms with Gasteiger partial charge in [0, 0.05) is 17.7 Å². The van der Waals surface area contributed by atoms with Crippen molar-refractivity contribution in [1.82, 2.24) is 5.32 Å². The third-order valence-electron chi connectivity index (χ3n) is 4.34. The van der Waals surface area contributed by atoms with E-state index in [1.54, 1.807) is 32.4 Å². The van der Waals surface area contributed by atoms with Gasteiger partial charge in [-0.1, -0.05) is 20.8 Å². The zero-order chi connectivity index (χ0) is 16.3. The van der Waals surface area contributed by atoms with Crippen LogP contribution in [-0.4, -0.2) is 26.2 Å². The molecule has 0 aromatic heterocycles. The molecule has 1 aliphatic carbocycles. The van der Waals surface area contributed by atoms with E-state index in [9.17, 15) is 4.79 Å². The van der Waals surface area contributed by atoms with E-state index in [-0.39, 0.29) is 17.4 Å². The summed E-state index contributed by atoms with van der Waals surface area (Å²) in [6.45, 7) is 6.81. The molecule has 1 saturated carbocycles. The maximum atomic E-state index is 12.5. The smallest absolute Gasteiger partial charge is 0.251 e. The normalized spacial score (nSPS) is 23.7. The fraction of sp³-hybridized carbons (Fsp3) is 0.611. The van der Waals surface area contributed by atoms with E-state index in [1.807, 2.05) is 0 Å². The zero-order valence-electron chi connectivity index (χ0n) is 14.2.